The highest BCUT2D eigenvalue weighted by Crippen LogP contribution is 2.44. The lowest BCUT2D eigenvalue weighted by molar-refractivity contribution is 0.476. The summed E-state index contributed by atoms with van der Waals surface area (Å²) in [6, 6.07) is 55.7. The van der Waals surface area contributed by atoms with Crippen LogP contribution in [0.5, 0.6) is 5.75 Å². The number of fused-ring (bicyclic) bond motifs is 3. The second-order valence-corrected chi connectivity index (χ2v) is 14.7. The molecule has 0 radical (unpaired) electrons. The first-order valence-corrected chi connectivity index (χ1v) is 18.6. The van der Waals surface area contributed by atoms with Gasteiger partial charge in [-0.2, -0.15) is 0 Å². The molecule has 0 amide bonds. The van der Waals surface area contributed by atoms with Gasteiger partial charge < -0.3 is 10.4 Å². The van der Waals surface area contributed by atoms with Crippen molar-refractivity contribution in [2.75, 3.05) is 5.32 Å². The van der Waals surface area contributed by atoms with Crippen molar-refractivity contribution in [3.8, 4) is 39.1 Å². The normalized spacial score (nSPS) is 14.1. The first-order valence-electron chi connectivity index (χ1n) is 17.8. The summed E-state index contributed by atoms with van der Waals surface area (Å²) in [7, 11) is 0. The van der Waals surface area contributed by atoms with Crippen LogP contribution in [0.4, 0.5) is 11.4 Å². The highest BCUT2D eigenvalue weighted by molar-refractivity contribution is 7.25. The van der Waals surface area contributed by atoms with Gasteiger partial charge in [-0.15, -0.1) is 11.3 Å². The highest BCUT2D eigenvalue weighted by atomic mass is 32.1. The average molecular weight is 688 g/mol. The van der Waals surface area contributed by atoms with Crippen LogP contribution >= 0.6 is 11.3 Å². The number of hydrogen-bond acceptors (Lipinski definition) is 3. The lowest BCUT2D eigenvalue weighted by atomic mass is 9.80. The van der Waals surface area contributed by atoms with E-state index in [2.05, 4.69) is 170 Å². The van der Waals surface area contributed by atoms with Gasteiger partial charge in [0.2, 0.25) is 0 Å². The predicted octanol–water partition coefficient (Wildman–Crippen LogP) is 13.9. The lowest BCUT2D eigenvalue weighted by Gasteiger charge is -2.24. The molecular weight excluding hydrogens is 651 g/mol. The maximum atomic E-state index is 11.6. The van der Waals surface area contributed by atoms with E-state index in [4.69, 9.17) is 0 Å². The monoisotopic (exact) mass is 687 g/mol. The summed E-state index contributed by atoms with van der Waals surface area (Å²) in [4.78, 5) is 0. The van der Waals surface area contributed by atoms with Crippen LogP contribution in [0.15, 0.2) is 176 Å². The van der Waals surface area contributed by atoms with Crippen LogP contribution in [-0.4, -0.2) is 5.11 Å². The number of aromatic hydroxyl groups is 1. The number of benzene rings is 7. The predicted molar refractivity (Wildman–Crippen MR) is 223 cm³/mol. The molecule has 7 aromatic carbocycles. The molecule has 1 unspecified atom stereocenters. The number of thiophene rings is 1. The molecule has 8 aromatic rings. The van der Waals surface area contributed by atoms with Crippen LogP contribution in [0.1, 0.15) is 29.0 Å². The van der Waals surface area contributed by atoms with Gasteiger partial charge in [-0.05, 0) is 100 Å². The van der Waals surface area contributed by atoms with E-state index in [1.807, 2.05) is 29.5 Å². The van der Waals surface area contributed by atoms with Gasteiger partial charge in [-0.1, -0.05) is 133 Å². The Morgan fingerprint density at radius 2 is 1.35 bits per heavy atom. The third-order valence-corrected chi connectivity index (χ3v) is 11.3. The van der Waals surface area contributed by atoms with E-state index < -0.39 is 0 Å². The highest BCUT2D eigenvalue weighted by Gasteiger charge is 2.22. The molecule has 2 nitrogen and oxygen atoms in total. The maximum absolute atomic E-state index is 11.6. The van der Waals surface area contributed by atoms with Gasteiger partial charge in [0.25, 0.3) is 0 Å². The molecule has 3 heteroatoms. The zero-order valence-corrected chi connectivity index (χ0v) is 29.7. The van der Waals surface area contributed by atoms with Crippen molar-refractivity contribution in [2.45, 2.75) is 19.3 Å². The Kier molecular flexibility index (Phi) is 8.27. The van der Waals surface area contributed by atoms with E-state index in [0.29, 0.717) is 0 Å². The third kappa shape index (κ3) is 6.00. The van der Waals surface area contributed by atoms with Crippen molar-refractivity contribution in [3.63, 3.8) is 0 Å². The van der Waals surface area contributed by atoms with Crippen LogP contribution in [0.25, 0.3) is 59.1 Å². The smallest absolute Gasteiger partial charge is 0.123 e. The Hall–Kier alpha value is -6.16. The van der Waals surface area contributed by atoms with Gasteiger partial charge in [-0.3, -0.25) is 0 Å². The van der Waals surface area contributed by atoms with Gasteiger partial charge in [0.05, 0.1) is 0 Å². The maximum Gasteiger partial charge on any atom is 0.123 e. The second-order valence-electron chi connectivity index (χ2n) is 13.6. The molecule has 0 saturated carbocycles. The van der Waals surface area contributed by atoms with Crippen LogP contribution < -0.4 is 5.32 Å². The Morgan fingerprint density at radius 1 is 0.596 bits per heavy atom. The fourth-order valence-electron chi connectivity index (χ4n) is 7.71. The van der Waals surface area contributed by atoms with Crippen molar-refractivity contribution in [2.24, 2.45) is 0 Å². The van der Waals surface area contributed by atoms with Crippen LogP contribution in [0.3, 0.4) is 0 Å². The van der Waals surface area contributed by atoms with E-state index in [1.165, 1.54) is 59.1 Å². The molecule has 0 aliphatic heterocycles. The minimum atomic E-state index is 0.139. The topological polar surface area (TPSA) is 32.3 Å². The number of para-hydroxylation sites is 1. The molecule has 0 saturated heterocycles. The second kappa shape index (κ2) is 13.5. The first kappa shape index (κ1) is 31.8. The summed E-state index contributed by atoms with van der Waals surface area (Å²) in [5.41, 5.74) is 13.4. The average Bonchev–Trinajstić information content (AvgIpc) is 3.58. The molecule has 1 heterocycles. The summed E-state index contributed by atoms with van der Waals surface area (Å²) in [5, 5.41) is 17.9. The molecule has 52 heavy (non-hydrogen) atoms. The number of anilines is 2. The van der Waals surface area contributed by atoms with Gasteiger partial charge in [0, 0.05) is 48.6 Å². The van der Waals surface area contributed by atoms with Gasteiger partial charge in [0.15, 0.2) is 0 Å². The minimum Gasteiger partial charge on any atom is -0.507 e. The zero-order valence-electron chi connectivity index (χ0n) is 28.9. The van der Waals surface area contributed by atoms with Crippen molar-refractivity contribution < 1.29 is 5.11 Å². The van der Waals surface area contributed by atoms with Crippen molar-refractivity contribution in [1.29, 1.82) is 0 Å². The van der Waals surface area contributed by atoms with Crippen molar-refractivity contribution in [3.05, 3.63) is 193 Å². The van der Waals surface area contributed by atoms with Crippen molar-refractivity contribution in [1.82, 2.24) is 0 Å². The Morgan fingerprint density at radius 3 is 2.21 bits per heavy atom. The van der Waals surface area contributed by atoms with Crippen LogP contribution in [-0.2, 0) is 0 Å². The van der Waals surface area contributed by atoms with Gasteiger partial charge in [-0.25, -0.2) is 0 Å². The number of hydrogen-bond donors (Lipinski definition) is 2. The fraction of sp³-hybridized carbons (Fsp3) is 0.0612. The largest absolute Gasteiger partial charge is 0.507 e. The summed E-state index contributed by atoms with van der Waals surface area (Å²) in [6.07, 6.45) is 7.49. The third-order valence-electron chi connectivity index (χ3n) is 10.2. The molecule has 0 bridgehead atoms. The summed E-state index contributed by atoms with van der Waals surface area (Å²) in [5.74, 6) is 0.418. The van der Waals surface area contributed by atoms with E-state index >= 15 is 0 Å². The molecule has 1 aliphatic carbocycles. The molecule has 250 valence electrons. The van der Waals surface area contributed by atoms with Gasteiger partial charge in [0.1, 0.15) is 5.75 Å². The number of nitrogens with one attached hydrogen (secondary N) is 1. The fourth-order valence-corrected chi connectivity index (χ4v) is 8.85. The van der Waals surface area contributed by atoms with E-state index in [0.717, 1.165) is 34.5 Å². The molecule has 2 N–H and O–H groups in total. The van der Waals surface area contributed by atoms with E-state index in [-0.39, 0.29) is 11.7 Å². The molecule has 1 atom stereocenters. The van der Waals surface area contributed by atoms with Gasteiger partial charge >= 0.3 is 0 Å². The number of aryl methyl sites for hydroxylation is 1. The number of phenols is 1. The SMILES string of the molecule is Cc1cc(C2=CC=CCC2c2ccc(-c3ccccc3Nc3ccc(-c4cccc5sc6ccccc6c45)cc3)c(O)c2)cc(-c2ccccc2)c1. The number of phenolic OH excluding ortho intramolecular Hbond substituents is 1. The molecule has 9 rings (SSSR count). The summed E-state index contributed by atoms with van der Waals surface area (Å²) < 4.78 is 2.62. The lowest BCUT2D eigenvalue weighted by Crippen LogP contribution is -2.05. The molecule has 1 aromatic heterocycles. The van der Waals surface area contributed by atoms with E-state index in [9.17, 15) is 5.11 Å². The van der Waals surface area contributed by atoms with Crippen LogP contribution in [0.2, 0.25) is 0 Å². The van der Waals surface area contributed by atoms with Crippen molar-refractivity contribution >= 4 is 48.5 Å². The number of allylic oxidation sites excluding steroid dienone is 4. The Balaban J connectivity index is 0.994. The molecule has 0 spiro atoms. The zero-order chi connectivity index (χ0) is 35.0. The molecular formula is C49H37NOS. The molecule has 0 fully saturated rings. The first-order chi connectivity index (χ1) is 25.6. The minimum absolute atomic E-state index is 0.139. The van der Waals surface area contributed by atoms with E-state index in [1.54, 1.807) is 0 Å². The summed E-state index contributed by atoms with van der Waals surface area (Å²) >= 11 is 1.85. The molecule has 1 aliphatic rings. The van der Waals surface area contributed by atoms with Crippen LogP contribution in [0, 0.1) is 6.92 Å². The standard InChI is InChI=1S/C49H37NOS/c1-32-28-36(33-12-3-2-4-13-33)30-37(29-32)40-15-6-5-14-39(40)35-24-27-43(46(51)31-35)42-16-7-9-19-45(42)50-38-25-22-34(23-26-38)41-18-11-21-48-49(41)44-17-8-10-20-47(44)52-48/h2-13,15-31,39,50-51H,14H2,1H3. The Labute approximate surface area is 308 Å². The number of rotatable bonds is 7. The summed E-state index contributed by atoms with van der Waals surface area (Å²) in [6.45, 7) is 2.16. The quantitative estimate of drug-likeness (QED) is 0.175. The Bertz CT molecular complexity index is 2650.